The standard InChI is InChI=1S/C16H13F3N2O3/c17-16(18,19)15(23)10-21(13-12(15)7-4-8-20-13)14(22)24-9-11-5-2-1-3-6-11/h1-8,23H,9-10H2. The maximum Gasteiger partial charge on any atom is 0.423 e. The highest BCUT2D eigenvalue weighted by Gasteiger charge is 2.61. The van der Waals surface area contributed by atoms with Gasteiger partial charge in [0.05, 0.1) is 6.54 Å². The number of fused-ring (bicyclic) bond motifs is 1. The van der Waals surface area contributed by atoms with E-state index in [9.17, 15) is 23.1 Å². The van der Waals surface area contributed by atoms with Crippen LogP contribution >= 0.6 is 0 Å². The molecule has 1 atom stereocenters. The van der Waals surface area contributed by atoms with Crippen molar-refractivity contribution in [3.8, 4) is 0 Å². The third-order valence-corrected chi connectivity index (χ3v) is 3.77. The molecule has 1 aliphatic rings. The lowest BCUT2D eigenvalue weighted by atomic mass is 9.97. The van der Waals surface area contributed by atoms with Crippen LogP contribution in [0, 0.1) is 0 Å². The second-order valence-electron chi connectivity index (χ2n) is 5.36. The van der Waals surface area contributed by atoms with Gasteiger partial charge in [-0.3, -0.25) is 4.90 Å². The SMILES string of the molecule is O=C(OCc1ccccc1)N1CC(O)(C(F)(F)F)c2cccnc21. The molecular formula is C16H13F3N2O3. The first-order valence-corrected chi connectivity index (χ1v) is 7.06. The maximum absolute atomic E-state index is 13.3. The molecule has 0 saturated carbocycles. The summed E-state index contributed by atoms with van der Waals surface area (Å²) in [4.78, 5) is 16.7. The summed E-state index contributed by atoms with van der Waals surface area (Å²) in [7, 11) is 0. The minimum Gasteiger partial charge on any atom is -0.444 e. The average Bonchev–Trinajstić information content (AvgIpc) is 2.88. The topological polar surface area (TPSA) is 62.7 Å². The van der Waals surface area contributed by atoms with Crippen LogP contribution in [0.15, 0.2) is 48.7 Å². The fourth-order valence-corrected chi connectivity index (χ4v) is 2.51. The van der Waals surface area contributed by atoms with E-state index in [2.05, 4.69) is 4.98 Å². The van der Waals surface area contributed by atoms with E-state index in [4.69, 9.17) is 4.74 Å². The van der Waals surface area contributed by atoms with Gasteiger partial charge in [0.1, 0.15) is 12.4 Å². The maximum atomic E-state index is 13.3. The van der Waals surface area contributed by atoms with Crippen LogP contribution in [0.3, 0.4) is 0 Å². The summed E-state index contributed by atoms with van der Waals surface area (Å²) in [5.41, 5.74) is -2.94. The van der Waals surface area contributed by atoms with Gasteiger partial charge in [0, 0.05) is 11.8 Å². The molecule has 0 bridgehead atoms. The summed E-state index contributed by atoms with van der Waals surface area (Å²) < 4.78 is 44.8. The minimum atomic E-state index is -4.95. The number of benzene rings is 1. The van der Waals surface area contributed by atoms with Crippen LogP contribution < -0.4 is 4.90 Å². The molecule has 24 heavy (non-hydrogen) atoms. The van der Waals surface area contributed by atoms with Crippen LogP contribution in [0.1, 0.15) is 11.1 Å². The highest BCUT2D eigenvalue weighted by atomic mass is 19.4. The van der Waals surface area contributed by atoms with Crippen LogP contribution in [-0.2, 0) is 16.9 Å². The first-order valence-electron chi connectivity index (χ1n) is 7.06. The number of β-amino-alcohol motifs (C(OH)–C–C–N with tert-alkyl or cyclic N) is 1. The van der Waals surface area contributed by atoms with E-state index >= 15 is 0 Å². The number of anilines is 1. The second-order valence-corrected chi connectivity index (χ2v) is 5.36. The van der Waals surface area contributed by atoms with Crippen LogP contribution in [0.5, 0.6) is 0 Å². The van der Waals surface area contributed by atoms with Gasteiger partial charge in [0.15, 0.2) is 0 Å². The number of pyridine rings is 1. The Balaban J connectivity index is 1.83. The molecule has 0 spiro atoms. The van der Waals surface area contributed by atoms with Crippen molar-refractivity contribution in [2.45, 2.75) is 18.4 Å². The smallest absolute Gasteiger partial charge is 0.423 e. The lowest BCUT2D eigenvalue weighted by molar-refractivity contribution is -0.259. The quantitative estimate of drug-likeness (QED) is 0.914. The van der Waals surface area contributed by atoms with Crippen molar-refractivity contribution in [2.24, 2.45) is 0 Å². The molecule has 1 aromatic heterocycles. The number of amides is 1. The number of halogens is 3. The summed E-state index contributed by atoms with van der Waals surface area (Å²) >= 11 is 0. The van der Waals surface area contributed by atoms with E-state index < -0.39 is 30.0 Å². The first kappa shape index (κ1) is 16.3. The van der Waals surface area contributed by atoms with Crippen molar-refractivity contribution >= 4 is 11.9 Å². The zero-order valence-electron chi connectivity index (χ0n) is 12.3. The number of rotatable bonds is 2. The number of alkyl halides is 3. The van der Waals surface area contributed by atoms with Crippen LogP contribution in [0.2, 0.25) is 0 Å². The zero-order valence-corrected chi connectivity index (χ0v) is 12.3. The number of aromatic nitrogens is 1. The van der Waals surface area contributed by atoms with Gasteiger partial charge in [-0.05, 0) is 11.6 Å². The largest absolute Gasteiger partial charge is 0.444 e. The lowest BCUT2D eigenvalue weighted by Gasteiger charge is -2.26. The molecule has 2 aromatic rings. The zero-order chi connectivity index (χ0) is 17.4. The molecule has 8 heteroatoms. The normalized spacial score (nSPS) is 19.9. The van der Waals surface area contributed by atoms with Crippen molar-refractivity contribution in [2.75, 3.05) is 11.4 Å². The minimum absolute atomic E-state index is 0.0945. The van der Waals surface area contributed by atoms with E-state index in [1.165, 1.54) is 12.3 Å². The van der Waals surface area contributed by atoms with Crippen molar-refractivity contribution in [1.29, 1.82) is 0 Å². The molecule has 3 rings (SSSR count). The van der Waals surface area contributed by atoms with Crippen molar-refractivity contribution in [1.82, 2.24) is 4.98 Å². The average molecular weight is 338 g/mol. The van der Waals surface area contributed by atoms with Gasteiger partial charge in [0.25, 0.3) is 0 Å². The number of aliphatic hydroxyl groups is 1. The molecule has 126 valence electrons. The molecule has 0 radical (unpaired) electrons. The van der Waals surface area contributed by atoms with Crippen molar-refractivity contribution in [3.63, 3.8) is 0 Å². The Morgan fingerprint density at radius 1 is 1.25 bits per heavy atom. The molecule has 1 aliphatic heterocycles. The van der Waals surface area contributed by atoms with Crippen molar-refractivity contribution in [3.05, 3.63) is 59.8 Å². The molecule has 1 aromatic carbocycles. The van der Waals surface area contributed by atoms with Gasteiger partial charge in [-0.1, -0.05) is 36.4 Å². The number of carbonyl (C=O) groups excluding carboxylic acids is 1. The summed E-state index contributed by atoms with van der Waals surface area (Å²) in [5, 5.41) is 10.1. The predicted molar refractivity (Wildman–Crippen MR) is 78.2 cm³/mol. The Kier molecular flexibility index (Phi) is 3.92. The fourth-order valence-electron chi connectivity index (χ4n) is 2.51. The van der Waals surface area contributed by atoms with Gasteiger partial charge in [-0.15, -0.1) is 0 Å². The van der Waals surface area contributed by atoms with E-state index in [1.807, 2.05) is 0 Å². The van der Waals surface area contributed by atoms with E-state index in [0.29, 0.717) is 10.5 Å². The summed E-state index contributed by atoms with van der Waals surface area (Å²) in [6.45, 7) is -1.08. The molecule has 1 unspecified atom stereocenters. The van der Waals surface area contributed by atoms with E-state index in [1.54, 1.807) is 30.3 Å². The first-order chi connectivity index (χ1) is 11.3. The Bertz CT molecular complexity index is 752. The number of carbonyl (C=O) groups is 1. The lowest BCUT2D eigenvalue weighted by Crippen LogP contribution is -2.47. The van der Waals surface area contributed by atoms with Gasteiger partial charge >= 0.3 is 12.3 Å². The van der Waals surface area contributed by atoms with Gasteiger partial charge in [0.2, 0.25) is 5.60 Å². The number of hydrogen-bond acceptors (Lipinski definition) is 4. The molecular weight excluding hydrogens is 325 g/mol. The number of hydrogen-bond donors (Lipinski definition) is 1. The van der Waals surface area contributed by atoms with E-state index in [0.717, 1.165) is 6.07 Å². The van der Waals surface area contributed by atoms with Crippen LogP contribution in [0.25, 0.3) is 0 Å². The molecule has 0 fully saturated rings. The number of nitrogens with zero attached hydrogens (tertiary/aromatic N) is 2. The Labute approximate surface area is 135 Å². The molecule has 0 aliphatic carbocycles. The molecule has 5 nitrogen and oxygen atoms in total. The summed E-state index contributed by atoms with van der Waals surface area (Å²) in [5.74, 6) is -0.254. The number of ether oxygens (including phenoxy) is 1. The summed E-state index contributed by atoms with van der Waals surface area (Å²) in [6.07, 6.45) is -4.70. The van der Waals surface area contributed by atoms with E-state index in [-0.39, 0.29) is 12.4 Å². The third-order valence-electron chi connectivity index (χ3n) is 3.77. The fraction of sp³-hybridized carbons (Fsp3) is 0.250. The van der Waals surface area contributed by atoms with Gasteiger partial charge < -0.3 is 9.84 Å². The Morgan fingerprint density at radius 3 is 2.62 bits per heavy atom. The third kappa shape index (κ3) is 2.69. The Hall–Kier alpha value is -2.61. The highest BCUT2D eigenvalue weighted by molar-refractivity contribution is 5.89. The molecule has 1 N–H and O–H groups in total. The van der Waals surface area contributed by atoms with Gasteiger partial charge in [-0.25, -0.2) is 9.78 Å². The molecule has 1 amide bonds. The highest BCUT2D eigenvalue weighted by Crippen LogP contribution is 2.47. The van der Waals surface area contributed by atoms with Crippen molar-refractivity contribution < 1.29 is 27.8 Å². The Morgan fingerprint density at radius 2 is 1.96 bits per heavy atom. The molecule has 2 heterocycles. The second kappa shape index (κ2) is 5.79. The monoisotopic (exact) mass is 338 g/mol. The molecule has 0 saturated heterocycles. The summed E-state index contributed by atoms with van der Waals surface area (Å²) in [6, 6.07) is 11.1. The van der Waals surface area contributed by atoms with Gasteiger partial charge in [-0.2, -0.15) is 13.2 Å². The van der Waals surface area contributed by atoms with Crippen LogP contribution in [0.4, 0.5) is 23.8 Å². The van der Waals surface area contributed by atoms with Crippen LogP contribution in [-0.4, -0.2) is 28.9 Å². The predicted octanol–water partition coefficient (Wildman–Crippen LogP) is 2.99.